The van der Waals surface area contributed by atoms with E-state index in [-0.39, 0.29) is 30.3 Å². The number of hydrogen-bond donors (Lipinski definition) is 1. The molecule has 0 fully saturated rings. The van der Waals surface area contributed by atoms with Crippen LogP contribution in [0.3, 0.4) is 0 Å². The molecule has 0 aliphatic carbocycles. The van der Waals surface area contributed by atoms with Crippen LogP contribution in [0.4, 0.5) is 5.82 Å². The smallest absolute Gasteiger partial charge is 0.343 e. The van der Waals surface area contributed by atoms with Crippen LogP contribution < -0.4 is 10.1 Å². The number of methoxy groups -OCH3 is 1. The van der Waals surface area contributed by atoms with Crippen LogP contribution in [0, 0.1) is 0 Å². The first-order valence-electron chi connectivity index (χ1n) is 8.85. The number of amides is 1. The number of nitrogens with one attached hydrogen (secondary N) is 1. The van der Waals surface area contributed by atoms with Crippen molar-refractivity contribution in [2.24, 2.45) is 0 Å². The van der Waals surface area contributed by atoms with Crippen molar-refractivity contribution < 1.29 is 19.1 Å². The zero-order valence-electron chi connectivity index (χ0n) is 15.7. The number of hydrogen-bond acceptors (Lipinski definition) is 5. The summed E-state index contributed by atoms with van der Waals surface area (Å²) < 4.78 is 11.8. The van der Waals surface area contributed by atoms with E-state index in [2.05, 4.69) is 10.4 Å². The predicted octanol–water partition coefficient (Wildman–Crippen LogP) is 3.24. The number of para-hydroxylation sites is 1. The van der Waals surface area contributed by atoms with E-state index in [4.69, 9.17) is 9.47 Å². The second-order valence-corrected chi connectivity index (χ2v) is 5.95. The number of ether oxygens (including phenoxy) is 2. The zero-order chi connectivity index (χ0) is 19.9. The summed E-state index contributed by atoms with van der Waals surface area (Å²) in [6, 6.07) is 16.5. The molecule has 0 saturated heterocycles. The maximum Gasteiger partial charge on any atom is 0.343 e. The molecule has 0 saturated carbocycles. The molecule has 3 rings (SSSR count). The van der Waals surface area contributed by atoms with E-state index in [9.17, 15) is 9.59 Å². The van der Waals surface area contributed by atoms with Gasteiger partial charge in [0.1, 0.15) is 11.3 Å². The number of benzene rings is 2. The molecule has 0 aliphatic rings. The van der Waals surface area contributed by atoms with Crippen molar-refractivity contribution >= 4 is 17.7 Å². The SMILES string of the molecule is CCOC(=O)c1cnn(-c2ccccc2)c1NC(=O)Cc1cccc(OC)c1. The van der Waals surface area contributed by atoms with E-state index < -0.39 is 5.97 Å². The first kappa shape index (κ1) is 19.2. The lowest BCUT2D eigenvalue weighted by Crippen LogP contribution is -2.19. The lowest BCUT2D eigenvalue weighted by molar-refractivity contribution is -0.115. The molecule has 1 heterocycles. The number of aromatic nitrogens is 2. The maximum atomic E-state index is 12.7. The fraction of sp³-hybridized carbons (Fsp3) is 0.190. The molecule has 3 aromatic rings. The van der Waals surface area contributed by atoms with Crippen molar-refractivity contribution in [1.29, 1.82) is 0 Å². The third kappa shape index (κ3) is 4.37. The first-order valence-corrected chi connectivity index (χ1v) is 8.85. The molecule has 7 nitrogen and oxygen atoms in total. The summed E-state index contributed by atoms with van der Waals surface area (Å²) in [6.45, 7) is 1.95. The lowest BCUT2D eigenvalue weighted by Gasteiger charge is -2.11. The average Bonchev–Trinajstić information content (AvgIpc) is 3.12. The third-order valence-electron chi connectivity index (χ3n) is 4.02. The average molecular weight is 379 g/mol. The minimum absolute atomic E-state index is 0.124. The number of esters is 1. The monoisotopic (exact) mass is 379 g/mol. The molecule has 0 unspecified atom stereocenters. The molecule has 1 amide bonds. The predicted molar refractivity (Wildman–Crippen MR) is 105 cm³/mol. The summed E-state index contributed by atoms with van der Waals surface area (Å²) in [5.74, 6) is 0.127. The van der Waals surface area contributed by atoms with E-state index in [1.807, 2.05) is 48.5 Å². The summed E-state index contributed by atoms with van der Waals surface area (Å²) in [6.07, 6.45) is 1.52. The summed E-state index contributed by atoms with van der Waals surface area (Å²) in [7, 11) is 1.57. The Morgan fingerprint density at radius 3 is 2.61 bits per heavy atom. The number of carbonyl (C=O) groups is 2. The summed E-state index contributed by atoms with van der Waals surface area (Å²) in [5.41, 5.74) is 1.71. The Morgan fingerprint density at radius 2 is 1.89 bits per heavy atom. The highest BCUT2D eigenvalue weighted by Gasteiger charge is 2.21. The van der Waals surface area contributed by atoms with Crippen LogP contribution in [0.5, 0.6) is 5.75 Å². The van der Waals surface area contributed by atoms with Gasteiger partial charge < -0.3 is 14.8 Å². The van der Waals surface area contributed by atoms with Gasteiger partial charge >= 0.3 is 5.97 Å². The minimum atomic E-state index is -0.540. The van der Waals surface area contributed by atoms with Crippen LogP contribution in [-0.4, -0.2) is 35.4 Å². The van der Waals surface area contributed by atoms with Crippen molar-refractivity contribution in [2.45, 2.75) is 13.3 Å². The van der Waals surface area contributed by atoms with E-state index in [0.717, 1.165) is 11.3 Å². The topological polar surface area (TPSA) is 82.5 Å². The van der Waals surface area contributed by atoms with Crippen molar-refractivity contribution in [2.75, 3.05) is 19.0 Å². The second kappa shape index (κ2) is 8.85. The minimum Gasteiger partial charge on any atom is -0.497 e. The summed E-state index contributed by atoms with van der Waals surface area (Å²) in [4.78, 5) is 24.9. The lowest BCUT2D eigenvalue weighted by atomic mass is 10.1. The van der Waals surface area contributed by atoms with Gasteiger partial charge in [-0.25, -0.2) is 9.48 Å². The number of nitrogens with zero attached hydrogens (tertiary/aromatic N) is 2. The van der Waals surface area contributed by atoms with Crippen molar-refractivity contribution in [3.63, 3.8) is 0 Å². The van der Waals surface area contributed by atoms with E-state index in [1.54, 1.807) is 20.1 Å². The number of anilines is 1. The zero-order valence-corrected chi connectivity index (χ0v) is 15.7. The van der Waals surface area contributed by atoms with Gasteiger partial charge in [-0.2, -0.15) is 5.10 Å². The molecule has 7 heteroatoms. The van der Waals surface area contributed by atoms with Crippen LogP contribution in [-0.2, 0) is 16.0 Å². The molecular formula is C21H21N3O4. The molecule has 1 aromatic heterocycles. The first-order chi connectivity index (χ1) is 13.6. The molecule has 28 heavy (non-hydrogen) atoms. The molecular weight excluding hydrogens is 358 g/mol. The van der Waals surface area contributed by atoms with Gasteiger partial charge in [-0.05, 0) is 36.8 Å². The molecule has 0 aliphatic heterocycles. The Balaban J connectivity index is 1.89. The van der Waals surface area contributed by atoms with Crippen LogP contribution in [0.15, 0.2) is 60.8 Å². The van der Waals surface area contributed by atoms with Gasteiger partial charge in [0.05, 0.1) is 32.0 Å². The van der Waals surface area contributed by atoms with Crippen molar-refractivity contribution in [1.82, 2.24) is 9.78 Å². The van der Waals surface area contributed by atoms with E-state index in [0.29, 0.717) is 5.75 Å². The van der Waals surface area contributed by atoms with E-state index >= 15 is 0 Å². The Labute approximate surface area is 162 Å². The van der Waals surface area contributed by atoms with Crippen LogP contribution in [0.2, 0.25) is 0 Å². The Kier molecular flexibility index (Phi) is 6.06. The van der Waals surface area contributed by atoms with Crippen molar-refractivity contribution in [3.8, 4) is 11.4 Å². The molecule has 0 radical (unpaired) electrons. The molecule has 144 valence electrons. The highest BCUT2D eigenvalue weighted by Crippen LogP contribution is 2.22. The van der Waals surface area contributed by atoms with Crippen molar-refractivity contribution in [3.05, 3.63) is 71.9 Å². The van der Waals surface area contributed by atoms with Crippen LogP contribution in [0.1, 0.15) is 22.8 Å². The van der Waals surface area contributed by atoms with Gasteiger partial charge in [-0.1, -0.05) is 30.3 Å². The summed E-state index contributed by atoms with van der Waals surface area (Å²) in [5, 5.41) is 7.06. The fourth-order valence-electron chi connectivity index (χ4n) is 2.74. The number of rotatable bonds is 7. The van der Waals surface area contributed by atoms with Gasteiger partial charge in [-0.3, -0.25) is 4.79 Å². The number of carbonyl (C=O) groups excluding carboxylic acids is 2. The molecule has 0 bridgehead atoms. The third-order valence-corrected chi connectivity index (χ3v) is 4.02. The summed E-state index contributed by atoms with van der Waals surface area (Å²) >= 11 is 0. The van der Waals surface area contributed by atoms with Gasteiger partial charge in [-0.15, -0.1) is 0 Å². The molecule has 0 atom stereocenters. The molecule has 1 N–H and O–H groups in total. The molecule has 0 spiro atoms. The van der Waals surface area contributed by atoms with Gasteiger partial charge in [0.2, 0.25) is 5.91 Å². The van der Waals surface area contributed by atoms with Gasteiger partial charge in [0.15, 0.2) is 5.82 Å². The normalized spacial score (nSPS) is 10.4. The van der Waals surface area contributed by atoms with Gasteiger partial charge in [0, 0.05) is 0 Å². The quantitative estimate of drug-likeness (QED) is 0.637. The highest BCUT2D eigenvalue weighted by atomic mass is 16.5. The second-order valence-electron chi connectivity index (χ2n) is 5.95. The fourth-order valence-corrected chi connectivity index (χ4v) is 2.74. The maximum absolute atomic E-state index is 12.7. The Morgan fingerprint density at radius 1 is 1.11 bits per heavy atom. The Hall–Kier alpha value is -3.61. The largest absolute Gasteiger partial charge is 0.497 e. The molecule has 2 aromatic carbocycles. The standard InChI is InChI=1S/C21H21N3O4/c1-3-28-21(26)18-14-22-24(16-9-5-4-6-10-16)20(18)23-19(25)13-15-8-7-11-17(12-15)27-2/h4-12,14H,3,13H2,1-2H3,(H,23,25). The van der Waals surface area contributed by atoms with Crippen LogP contribution in [0.25, 0.3) is 5.69 Å². The van der Waals surface area contributed by atoms with E-state index in [1.165, 1.54) is 10.9 Å². The highest BCUT2D eigenvalue weighted by molar-refractivity contribution is 6.01. The van der Waals surface area contributed by atoms with Crippen LogP contribution >= 0.6 is 0 Å². The van der Waals surface area contributed by atoms with Gasteiger partial charge in [0.25, 0.3) is 0 Å². The Bertz CT molecular complexity index is 967.